The first-order valence-electron chi connectivity index (χ1n) is 8.29. The van der Waals surface area contributed by atoms with Crippen molar-refractivity contribution in [3.63, 3.8) is 0 Å². The molecule has 3 heteroatoms. The third-order valence-corrected chi connectivity index (χ3v) is 5.68. The minimum absolute atomic E-state index is 0.0702. The van der Waals surface area contributed by atoms with E-state index in [2.05, 4.69) is 17.1 Å². The van der Waals surface area contributed by atoms with Gasteiger partial charge in [-0.15, -0.1) is 0 Å². The van der Waals surface area contributed by atoms with E-state index in [0.717, 1.165) is 44.8 Å². The smallest absolute Gasteiger partial charge is 0.230 e. The number of nitrogens with zero attached hydrogens (tertiary/aromatic N) is 1. The summed E-state index contributed by atoms with van der Waals surface area (Å²) >= 11 is 0. The van der Waals surface area contributed by atoms with Gasteiger partial charge in [0.05, 0.1) is 5.41 Å². The molecule has 0 spiro atoms. The van der Waals surface area contributed by atoms with E-state index in [9.17, 15) is 4.79 Å². The van der Waals surface area contributed by atoms with E-state index in [4.69, 9.17) is 0 Å². The first-order chi connectivity index (χ1) is 9.27. The van der Waals surface area contributed by atoms with Crippen molar-refractivity contribution in [1.82, 2.24) is 10.2 Å². The number of nitrogens with one attached hydrogen (secondary N) is 1. The molecular weight excluding hydrogens is 236 g/mol. The fourth-order valence-corrected chi connectivity index (χ4v) is 4.74. The summed E-state index contributed by atoms with van der Waals surface area (Å²) in [6.45, 7) is 5.16. The summed E-state index contributed by atoms with van der Waals surface area (Å²) < 4.78 is 0. The Balaban J connectivity index is 1.77. The van der Waals surface area contributed by atoms with Crippen LogP contribution in [0, 0.1) is 11.3 Å². The zero-order valence-corrected chi connectivity index (χ0v) is 12.3. The topological polar surface area (TPSA) is 32.3 Å². The summed E-state index contributed by atoms with van der Waals surface area (Å²) in [5.41, 5.74) is -0.0702. The molecule has 3 aliphatic rings. The van der Waals surface area contributed by atoms with Crippen molar-refractivity contribution in [2.45, 2.75) is 64.3 Å². The molecule has 0 aromatic carbocycles. The highest BCUT2D eigenvalue weighted by Gasteiger charge is 2.47. The van der Waals surface area contributed by atoms with E-state index >= 15 is 0 Å². The highest BCUT2D eigenvalue weighted by molar-refractivity contribution is 5.84. The lowest BCUT2D eigenvalue weighted by atomic mass is 9.79. The number of hydrogen-bond donors (Lipinski definition) is 1. The molecule has 1 aliphatic carbocycles. The first kappa shape index (κ1) is 13.4. The molecule has 2 aliphatic heterocycles. The van der Waals surface area contributed by atoms with Crippen molar-refractivity contribution in [1.29, 1.82) is 0 Å². The van der Waals surface area contributed by atoms with E-state index in [1.165, 1.54) is 32.1 Å². The monoisotopic (exact) mass is 264 g/mol. The van der Waals surface area contributed by atoms with Gasteiger partial charge in [0.2, 0.25) is 5.91 Å². The van der Waals surface area contributed by atoms with Crippen LogP contribution in [0.5, 0.6) is 0 Å². The number of fused-ring (bicyclic) bond motifs is 1. The number of carbonyl (C=O) groups excluding carboxylic acids is 1. The zero-order chi connectivity index (χ0) is 13.3. The van der Waals surface area contributed by atoms with Gasteiger partial charge < -0.3 is 10.2 Å². The molecule has 19 heavy (non-hydrogen) atoms. The normalized spacial score (nSPS) is 38.5. The number of piperidine rings is 1. The SMILES string of the molecule is CCCC1(C(=O)N2CCCC3CCCC32)CCNC1. The van der Waals surface area contributed by atoms with Crippen molar-refractivity contribution in [2.75, 3.05) is 19.6 Å². The number of hydrogen-bond acceptors (Lipinski definition) is 2. The predicted octanol–water partition coefficient (Wildman–Crippen LogP) is 2.56. The van der Waals surface area contributed by atoms with Crippen molar-refractivity contribution in [2.24, 2.45) is 11.3 Å². The van der Waals surface area contributed by atoms with E-state index in [1.807, 2.05) is 0 Å². The van der Waals surface area contributed by atoms with Crippen molar-refractivity contribution in [3.8, 4) is 0 Å². The Morgan fingerprint density at radius 3 is 2.89 bits per heavy atom. The molecule has 0 aromatic heterocycles. The molecule has 1 amide bonds. The molecular formula is C16H28N2O. The van der Waals surface area contributed by atoms with Gasteiger partial charge in [-0.05, 0) is 51.0 Å². The molecule has 3 unspecified atom stereocenters. The molecule has 1 N–H and O–H groups in total. The van der Waals surface area contributed by atoms with Crippen LogP contribution in [0.15, 0.2) is 0 Å². The quantitative estimate of drug-likeness (QED) is 0.849. The summed E-state index contributed by atoms with van der Waals surface area (Å²) in [6.07, 6.45) is 9.75. The number of likely N-dealkylation sites (tertiary alicyclic amines) is 1. The van der Waals surface area contributed by atoms with Crippen LogP contribution < -0.4 is 5.32 Å². The van der Waals surface area contributed by atoms with Gasteiger partial charge in [-0.2, -0.15) is 0 Å². The fourth-order valence-electron chi connectivity index (χ4n) is 4.74. The molecule has 0 aromatic rings. The second kappa shape index (κ2) is 5.43. The highest BCUT2D eigenvalue weighted by atomic mass is 16.2. The molecule has 3 fully saturated rings. The molecule has 2 saturated heterocycles. The minimum Gasteiger partial charge on any atom is -0.339 e. The van der Waals surface area contributed by atoms with Crippen LogP contribution in [0.25, 0.3) is 0 Å². The van der Waals surface area contributed by atoms with Crippen LogP contribution in [-0.4, -0.2) is 36.5 Å². The summed E-state index contributed by atoms with van der Waals surface area (Å²) in [5.74, 6) is 1.29. The average molecular weight is 264 g/mol. The lowest BCUT2D eigenvalue weighted by Crippen LogP contribution is -2.53. The minimum atomic E-state index is -0.0702. The Kier molecular flexibility index (Phi) is 3.84. The summed E-state index contributed by atoms with van der Waals surface area (Å²) in [7, 11) is 0. The highest BCUT2D eigenvalue weighted by Crippen LogP contribution is 2.41. The largest absolute Gasteiger partial charge is 0.339 e. The van der Waals surface area contributed by atoms with Crippen LogP contribution >= 0.6 is 0 Å². The molecule has 0 radical (unpaired) electrons. The molecule has 3 atom stereocenters. The van der Waals surface area contributed by atoms with E-state index in [-0.39, 0.29) is 5.41 Å². The maximum Gasteiger partial charge on any atom is 0.230 e. The Morgan fingerprint density at radius 1 is 1.32 bits per heavy atom. The zero-order valence-electron chi connectivity index (χ0n) is 12.3. The average Bonchev–Trinajstić information content (AvgIpc) is 3.06. The van der Waals surface area contributed by atoms with Crippen LogP contribution in [0.3, 0.4) is 0 Å². The third kappa shape index (κ3) is 2.31. The number of amides is 1. The van der Waals surface area contributed by atoms with Gasteiger partial charge in [-0.1, -0.05) is 19.8 Å². The summed E-state index contributed by atoms with van der Waals surface area (Å²) in [5, 5.41) is 3.43. The molecule has 1 saturated carbocycles. The van der Waals surface area contributed by atoms with Gasteiger partial charge in [0.15, 0.2) is 0 Å². The maximum absolute atomic E-state index is 13.1. The second-order valence-corrected chi connectivity index (χ2v) is 6.86. The van der Waals surface area contributed by atoms with Gasteiger partial charge in [0.25, 0.3) is 0 Å². The Labute approximate surface area is 117 Å². The van der Waals surface area contributed by atoms with Gasteiger partial charge in [0, 0.05) is 19.1 Å². The molecule has 0 bridgehead atoms. The van der Waals surface area contributed by atoms with Crippen LogP contribution in [0.1, 0.15) is 58.3 Å². The molecule has 108 valence electrons. The van der Waals surface area contributed by atoms with Crippen molar-refractivity contribution >= 4 is 5.91 Å². The van der Waals surface area contributed by atoms with E-state index < -0.39 is 0 Å². The Morgan fingerprint density at radius 2 is 2.16 bits per heavy atom. The molecule has 3 rings (SSSR count). The van der Waals surface area contributed by atoms with Crippen molar-refractivity contribution < 1.29 is 4.79 Å². The van der Waals surface area contributed by atoms with Gasteiger partial charge in [0.1, 0.15) is 0 Å². The van der Waals surface area contributed by atoms with Gasteiger partial charge in [-0.25, -0.2) is 0 Å². The van der Waals surface area contributed by atoms with E-state index in [0.29, 0.717) is 11.9 Å². The van der Waals surface area contributed by atoms with E-state index in [1.54, 1.807) is 0 Å². The van der Waals surface area contributed by atoms with Crippen LogP contribution in [-0.2, 0) is 4.79 Å². The molecule has 2 heterocycles. The summed E-state index contributed by atoms with van der Waals surface area (Å²) in [4.78, 5) is 15.4. The van der Waals surface area contributed by atoms with Crippen LogP contribution in [0.2, 0.25) is 0 Å². The van der Waals surface area contributed by atoms with Gasteiger partial charge in [-0.3, -0.25) is 4.79 Å². The standard InChI is InChI=1S/C16H28N2O/c1-2-8-16(9-10-17-12-16)15(19)18-11-4-6-13-5-3-7-14(13)18/h13-14,17H,2-12H2,1H3. The maximum atomic E-state index is 13.1. The first-order valence-corrected chi connectivity index (χ1v) is 8.29. The third-order valence-electron chi connectivity index (χ3n) is 5.68. The Bertz CT molecular complexity index is 336. The summed E-state index contributed by atoms with van der Waals surface area (Å²) in [6, 6.07) is 0.579. The molecule has 3 nitrogen and oxygen atoms in total. The Hall–Kier alpha value is -0.570. The number of carbonyl (C=O) groups is 1. The lowest BCUT2D eigenvalue weighted by Gasteiger charge is -2.42. The predicted molar refractivity (Wildman–Crippen MR) is 76.9 cm³/mol. The van der Waals surface area contributed by atoms with Gasteiger partial charge >= 0.3 is 0 Å². The second-order valence-electron chi connectivity index (χ2n) is 6.86. The number of rotatable bonds is 3. The lowest BCUT2D eigenvalue weighted by molar-refractivity contribution is -0.146. The fraction of sp³-hybridized carbons (Fsp3) is 0.938. The van der Waals surface area contributed by atoms with Crippen LogP contribution in [0.4, 0.5) is 0 Å². The van der Waals surface area contributed by atoms with Crippen molar-refractivity contribution in [3.05, 3.63) is 0 Å².